The fourth-order valence-corrected chi connectivity index (χ4v) is 3.36. The highest BCUT2D eigenvalue weighted by molar-refractivity contribution is 7.10. The summed E-state index contributed by atoms with van der Waals surface area (Å²) in [4.78, 5) is 15.0. The van der Waals surface area contributed by atoms with Crippen molar-refractivity contribution in [3.05, 3.63) is 58.3 Å². The molecule has 98 valence electrons. The van der Waals surface area contributed by atoms with Gasteiger partial charge in [0.15, 0.2) is 0 Å². The number of thiophene rings is 1. The smallest absolute Gasteiger partial charge is 0.252 e. The van der Waals surface area contributed by atoms with Crippen LogP contribution in [0.3, 0.4) is 0 Å². The van der Waals surface area contributed by atoms with Crippen molar-refractivity contribution in [3.63, 3.8) is 0 Å². The molecule has 1 aliphatic heterocycles. The minimum Gasteiger partial charge on any atom is -0.383 e. The summed E-state index contributed by atoms with van der Waals surface area (Å²) in [5.74, 6) is -0.165. The van der Waals surface area contributed by atoms with Gasteiger partial charge in [-0.2, -0.15) is 0 Å². The van der Waals surface area contributed by atoms with Crippen LogP contribution >= 0.6 is 11.3 Å². The number of rotatable bonds is 3. The molecule has 4 heteroatoms. The maximum atomic E-state index is 12.1. The highest BCUT2D eigenvalue weighted by Crippen LogP contribution is 2.36. The Morgan fingerprint density at radius 2 is 2.00 bits per heavy atom. The molecule has 2 atom stereocenters. The molecule has 3 nitrogen and oxygen atoms in total. The molecule has 0 unspecified atom stereocenters. The minimum absolute atomic E-state index is 0.00251. The highest BCUT2D eigenvalue weighted by Gasteiger charge is 2.39. The summed E-state index contributed by atoms with van der Waals surface area (Å²) < 4.78 is 0. The summed E-state index contributed by atoms with van der Waals surface area (Å²) in [6.07, 6.45) is -0.373. The predicted molar refractivity (Wildman–Crippen MR) is 74.7 cm³/mol. The van der Waals surface area contributed by atoms with Crippen molar-refractivity contribution in [2.24, 2.45) is 0 Å². The second-order valence-corrected chi connectivity index (χ2v) is 5.71. The van der Waals surface area contributed by atoms with E-state index in [0.717, 1.165) is 10.4 Å². The first-order valence-electron chi connectivity index (χ1n) is 6.31. The van der Waals surface area contributed by atoms with Crippen LogP contribution in [0.25, 0.3) is 0 Å². The lowest BCUT2D eigenvalue weighted by Gasteiger charge is -2.23. The van der Waals surface area contributed by atoms with Crippen LogP contribution in [-0.4, -0.2) is 22.0 Å². The molecule has 0 radical (unpaired) electrons. The van der Waals surface area contributed by atoms with E-state index in [2.05, 4.69) is 0 Å². The second kappa shape index (κ2) is 5.15. The van der Waals surface area contributed by atoms with E-state index in [-0.39, 0.29) is 11.9 Å². The molecule has 1 saturated heterocycles. The molecule has 1 fully saturated rings. The van der Waals surface area contributed by atoms with Crippen molar-refractivity contribution in [3.8, 4) is 0 Å². The van der Waals surface area contributed by atoms with E-state index in [1.165, 1.54) is 0 Å². The molecular weight excluding hydrogens is 258 g/mol. The lowest BCUT2D eigenvalue weighted by Crippen LogP contribution is -2.30. The zero-order valence-corrected chi connectivity index (χ0v) is 11.2. The number of hydrogen-bond donors (Lipinski definition) is 1. The van der Waals surface area contributed by atoms with Crippen LogP contribution in [0.15, 0.2) is 47.8 Å². The van der Waals surface area contributed by atoms with E-state index in [1.807, 2.05) is 47.8 Å². The molecule has 0 aliphatic carbocycles. The average molecular weight is 273 g/mol. The third kappa shape index (κ3) is 2.41. The summed E-state index contributed by atoms with van der Waals surface area (Å²) in [6, 6.07) is 13.9. The van der Waals surface area contributed by atoms with Crippen LogP contribution in [0.1, 0.15) is 22.9 Å². The van der Waals surface area contributed by atoms with Crippen molar-refractivity contribution in [2.75, 3.05) is 0 Å². The number of aliphatic hydroxyl groups excluding tert-OH is 1. The molecule has 0 spiro atoms. The van der Waals surface area contributed by atoms with Gasteiger partial charge in [-0.1, -0.05) is 36.4 Å². The van der Waals surface area contributed by atoms with Crippen molar-refractivity contribution >= 4 is 17.2 Å². The fourth-order valence-electron chi connectivity index (χ4n) is 2.50. The van der Waals surface area contributed by atoms with Gasteiger partial charge in [0.2, 0.25) is 0 Å². The van der Waals surface area contributed by atoms with Crippen LogP contribution in [-0.2, 0) is 11.3 Å². The first-order chi connectivity index (χ1) is 9.25. The Morgan fingerprint density at radius 1 is 1.21 bits per heavy atom. The topological polar surface area (TPSA) is 40.5 Å². The van der Waals surface area contributed by atoms with Gasteiger partial charge in [-0.3, -0.25) is 4.79 Å². The Balaban J connectivity index is 1.86. The SMILES string of the molecule is O=C1[C@@H](O)C[C@H](c2cccs2)N1Cc1ccccc1. The molecule has 3 rings (SSSR count). The molecular formula is C15H15NO2S. The minimum atomic E-state index is -0.865. The quantitative estimate of drug-likeness (QED) is 0.933. The number of hydrogen-bond acceptors (Lipinski definition) is 3. The lowest BCUT2D eigenvalue weighted by atomic mass is 10.1. The lowest BCUT2D eigenvalue weighted by molar-refractivity contribution is -0.135. The number of benzene rings is 1. The van der Waals surface area contributed by atoms with Crippen LogP contribution in [0.4, 0.5) is 0 Å². The van der Waals surface area contributed by atoms with Gasteiger partial charge >= 0.3 is 0 Å². The van der Waals surface area contributed by atoms with Gasteiger partial charge < -0.3 is 10.0 Å². The zero-order chi connectivity index (χ0) is 13.2. The molecule has 1 aromatic carbocycles. The number of carbonyl (C=O) groups excluding carboxylic acids is 1. The number of likely N-dealkylation sites (tertiary alicyclic amines) is 1. The van der Waals surface area contributed by atoms with Crippen LogP contribution < -0.4 is 0 Å². The summed E-state index contributed by atoms with van der Waals surface area (Å²) >= 11 is 1.63. The van der Waals surface area contributed by atoms with Crippen LogP contribution in [0.2, 0.25) is 0 Å². The molecule has 1 aromatic heterocycles. The van der Waals surface area contributed by atoms with Crippen LogP contribution in [0, 0.1) is 0 Å². The maximum Gasteiger partial charge on any atom is 0.252 e. The molecule has 1 aliphatic rings. The molecule has 1 N–H and O–H groups in total. The van der Waals surface area contributed by atoms with Gasteiger partial charge in [0, 0.05) is 17.8 Å². The van der Waals surface area contributed by atoms with E-state index in [0.29, 0.717) is 13.0 Å². The number of aliphatic hydroxyl groups is 1. The molecule has 2 aromatic rings. The van der Waals surface area contributed by atoms with Crippen molar-refractivity contribution < 1.29 is 9.90 Å². The monoisotopic (exact) mass is 273 g/mol. The Labute approximate surface area is 116 Å². The summed E-state index contributed by atoms with van der Waals surface area (Å²) in [6.45, 7) is 0.555. The van der Waals surface area contributed by atoms with E-state index >= 15 is 0 Å². The zero-order valence-electron chi connectivity index (χ0n) is 10.4. The van der Waals surface area contributed by atoms with Crippen molar-refractivity contribution in [1.82, 2.24) is 4.90 Å². The van der Waals surface area contributed by atoms with Crippen molar-refractivity contribution in [1.29, 1.82) is 0 Å². The third-order valence-electron chi connectivity index (χ3n) is 3.46. The van der Waals surface area contributed by atoms with E-state index in [4.69, 9.17) is 0 Å². The summed E-state index contributed by atoms with van der Waals surface area (Å²) in [5, 5.41) is 11.8. The normalized spacial score (nSPS) is 23.0. The molecule has 19 heavy (non-hydrogen) atoms. The van der Waals surface area contributed by atoms with Gasteiger partial charge in [-0.15, -0.1) is 11.3 Å². The Hall–Kier alpha value is -1.65. The number of nitrogens with zero attached hydrogens (tertiary/aromatic N) is 1. The predicted octanol–water partition coefficient (Wildman–Crippen LogP) is 2.58. The van der Waals surface area contributed by atoms with Crippen LogP contribution in [0.5, 0.6) is 0 Å². The molecule has 0 bridgehead atoms. The van der Waals surface area contributed by atoms with Gasteiger partial charge in [-0.05, 0) is 17.0 Å². The Morgan fingerprint density at radius 3 is 2.68 bits per heavy atom. The number of carbonyl (C=O) groups is 1. The first-order valence-corrected chi connectivity index (χ1v) is 7.19. The second-order valence-electron chi connectivity index (χ2n) is 4.73. The van der Waals surface area contributed by atoms with Gasteiger partial charge in [-0.25, -0.2) is 0 Å². The van der Waals surface area contributed by atoms with E-state index in [9.17, 15) is 9.90 Å². The largest absolute Gasteiger partial charge is 0.383 e. The summed E-state index contributed by atoms with van der Waals surface area (Å²) in [7, 11) is 0. The first kappa shape index (κ1) is 12.4. The molecule has 0 saturated carbocycles. The van der Waals surface area contributed by atoms with Gasteiger partial charge in [0.05, 0.1) is 6.04 Å². The Kier molecular flexibility index (Phi) is 3.36. The van der Waals surface area contributed by atoms with Crippen molar-refractivity contribution in [2.45, 2.75) is 25.1 Å². The van der Waals surface area contributed by atoms with E-state index in [1.54, 1.807) is 16.2 Å². The number of amides is 1. The maximum absolute atomic E-state index is 12.1. The average Bonchev–Trinajstić information content (AvgIpc) is 3.04. The molecule has 2 heterocycles. The third-order valence-corrected chi connectivity index (χ3v) is 4.43. The standard InChI is InChI=1S/C15H15NO2S/c17-13-9-12(14-7-4-8-19-14)16(15(13)18)10-11-5-2-1-3-6-11/h1-8,12-13,17H,9-10H2/t12-,13+/m1/s1. The Bertz CT molecular complexity index is 553. The molecule has 1 amide bonds. The van der Waals surface area contributed by atoms with Gasteiger partial charge in [0.1, 0.15) is 6.10 Å². The fraction of sp³-hybridized carbons (Fsp3) is 0.267. The van der Waals surface area contributed by atoms with Gasteiger partial charge in [0.25, 0.3) is 5.91 Å². The summed E-state index contributed by atoms with van der Waals surface area (Å²) in [5.41, 5.74) is 1.09. The highest BCUT2D eigenvalue weighted by atomic mass is 32.1. The van der Waals surface area contributed by atoms with E-state index < -0.39 is 6.10 Å².